The first-order chi connectivity index (χ1) is 16.3. The van der Waals surface area contributed by atoms with Crippen molar-refractivity contribution in [2.45, 2.75) is 51.5 Å². The Morgan fingerprint density at radius 2 is 1.52 bits per heavy atom. The molecule has 1 atom stereocenters. The highest BCUT2D eigenvalue weighted by Crippen LogP contribution is 2.21. The molecule has 33 heavy (non-hydrogen) atoms. The van der Waals surface area contributed by atoms with E-state index in [4.69, 9.17) is 4.74 Å². The van der Waals surface area contributed by atoms with E-state index < -0.39 is 0 Å². The molecule has 0 bridgehead atoms. The van der Waals surface area contributed by atoms with Crippen LogP contribution >= 0.6 is 0 Å². The third-order valence-electron chi connectivity index (χ3n) is 5.64. The molecule has 0 saturated heterocycles. The molecular weight excluding hydrogens is 406 g/mol. The topological polar surface area (TPSA) is 38.3 Å². The van der Waals surface area contributed by atoms with E-state index in [-0.39, 0.29) is 11.9 Å². The summed E-state index contributed by atoms with van der Waals surface area (Å²) in [4.78, 5) is 12.8. The Hall–Kier alpha value is -3.33. The zero-order valence-corrected chi connectivity index (χ0v) is 19.6. The predicted molar refractivity (Wildman–Crippen MR) is 137 cm³/mol. The van der Waals surface area contributed by atoms with E-state index in [2.05, 4.69) is 36.5 Å². The molecule has 0 aromatic heterocycles. The highest BCUT2D eigenvalue weighted by molar-refractivity contribution is 5.92. The summed E-state index contributed by atoms with van der Waals surface area (Å²) in [6, 6.07) is 28.1. The lowest BCUT2D eigenvalue weighted by Crippen LogP contribution is -2.28. The van der Waals surface area contributed by atoms with Crippen molar-refractivity contribution < 1.29 is 9.53 Å². The van der Waals surface area contributed by atoms with Crippen LogP contribution in [-0.2, 0) is 11.2 Å². The molecule has 172 valence electrons. The van der Waals surface area contributed by atoms with Crippen LogP contribution in [0.2, 0.25) is 0 Å². The van der Waals surface area contributed by atoms with Crippen molar-refractivity contribution in [3.05, 3.63) is 108 Å². The zero-order valence-electron chi connectivity index (χ0n) is 19.6. The smallest absolute Gasteiger partial charge is 0.244 e. The van der Waals surface area contributed by atoms with Gasteiger partial charge in [-0.05, 0) is 36.1 Å². The maximum absolute atomic E-state index is 12.8. The molecule has 3 aromatic carbocycles. The quantitative estimate of drug-likeness (QED) is 0.226. The second-order valence-corrected chi connectivity index (χ2v) is 8.30. The minimum atomic E-state index is -0.117. The number of hydrogen-bond acceptors (Lipinski definition) is 2. The molecule has 1 N–H and O–H groups in total. The number of ether oxygens (including phenoxy) is 1. The van der Waals surface area contributed by atoms with Gasteiger partial charge in [-0.3, -0.25) is 4.79 Å². The molecule has 3 heteroatoms. The number of carbonyl (C=O) groups is 1. The summed E-state index contributed by atoms with van der Waals surface area (Å²) in [6.45, 7) is 2.92. The Balaban J connectivity index is 1.61. The van der Waals surface area contributed by atoms with Crippen LogP contribution in [-0.4, -0.2) is 12.5 Å². The van der Waals surface area contributed by atoms with Crippen LogP contribution in [0.1, 0.15) is 61.8 Å². The van der Waals surface area contributed by atoms with Gasteiger partial charge in [-0.2, -0.15) is 0 Å². The number of para-hydroxylation sites is 1. The van der Waals surface area contributed by atoms with Gasteiger partial charge < -0.3 is 10.1 Å². The Bertz CT molecular complexity index is 982. The highest BCUT2D eigenvalue weighted by atomic mass is 16.5. The minimum absolute atomic E-state index is 0.0969. The molecule has 1 unspecified atom stereocenters. The molecule has 0 aliphatic carbocycles. The van der Waals surface area contributed by atoms with Gasteiger partial charge in [0.1, 0.15) is 5.75 Å². The van der Waals surface area contributed by atoms with Gasteiger partial charge in [-0.15, -0.1) is 0 Å². The maximum atomic E-state index is 12.8. The molecule has 3 nitrogen and oxygen atoms in total. The Labute approximate surface area is 198 Å². The molecule has 0 spiro atoms. The molecule has 0 fully saturated rings. The number of amides is 1. The minimum Gasteiger partial charge on any atom is -0.493 e. The lowest BCUT2D eigenvalue weighted by Gasteiger charge is -2.18. The van der Waals surface area contributed by atoms with Crippen LogP contribution in [0.15, 0.2) is 91.0 Å². The third kappa shape index (κ3) is 8.61. The van der Waals surface area contributed by atoms with Gasteiger partial charge in [-0.25, -0.2) is 0 Å². The summed E-state index contributed by atoms with van der Waals surface area (Å²) in [5.41, 5.74) is 3.20. The fourth-order valence-electron chi connectivity index (χ4n) is 3.81. The van der Waals surface area contributed by atoms with Crippen LogP contribution in [0.25, 0.3) is 6.08 Å². The van der Waals surface area contributed by atoms with Gasteiger partial charge in [0.2, 0.25) is 5.91 Å². The third-order valence-corrected chi connectivity index (χ3v) is 5.64. The van der Waals surface area contributed by atoms with Crippen LogP contribution in [0.4, 0.5) is 0 Å². The SMILES string of the molecule is CCCCCCCOc1ccccc1C=CC(=O)NC(Cc1ccccc1)c1ccccc1. The van der Waals surface area contributed by atoms with Gasteiger partial charge in [0.05, 0.1) is 12.6 Å². The number of hydrogen-bond donors (Lipinski definition) is 1. The normalized spacial score (nSPS) is 11.9. The zero-order chi connectivity index (χ0) is 23.1. The molecule has 0 aliphatic rings. The molecule has 1 amide bonds. The molecular formula is C30H35NO2. The fourth-order valence-corrected chi connectivity index (χ4v) is 3.81. The molecule has 0 aliphatic heterocycles. The summed E-state index contributed by atoms with van der Waals surface area (Å²) in [7, 11) is 0. The summed E-state index contributed by atoms with van der Waals surface area (Å²) in [5.74, 6) is 0.704. The summed E-state index contributed by atoms with van der Waals surface area (Å²) in [6.07, 6.45) is 10.2. The van der Waals surface area contributed by atoms with E-state index in [1.54, 1.807) is 6.08 Å². The summed E-state index contributed by atoms with van der Waals surface area (Å²) < 4.78 is 6.00. The average Bonchev–Trinajstić information content (AvgIpc) is 2.86. The first-order valence-corrected chi connectivity index (χ1v) is 12.1. The van der Waals surface area contributed by atoms with Gasteiger partial charge >= 0.3 is 0 Å². The number of rotatable bonds is 13. The van der Waals surface area contributed by atoms with Crippen LogP contribution in [0, 0.1) is 0 Å². The molecule has 0 saturated carbocycles. The Morgan fingerprint density at radius 3 is 2.27 bits per heavy atom. The molecule has 0 heterocycles. The molecule has 0 radical (unpaired) electrons. The van der Waals surface area contributed by atoms with E-state index in [1.807, 2.05) is 66.7 Å². The number of benzene rings is 3. The second-order valence-electron chi connectivity index (χ2n) is 8.30. The molecule has 3 aromatic rings. The maximum Gasteiger partial charge on any atom is 0.244 e. The van der Waals surface area contributed by atoms with Crippen LogP contribution in [0.3, 0.4) is 0 Å². The summed E-state index contributed by atoms with van der Waals surface area (Å²) >= 11 is 0. The van der Waals surface area contributed by atoms with Crippen molar-refractivity contribution in [3.63, 3.8) is 0 Å². The average molecular weight is 442 g/mol. The van der Waals surface area contributed by atoms with Crippen molar-refractivity contribution in [2.75, 3.05) is 6.61 Å². The first kappa shape index (κ1) is 24.3. The highest BCUT2D eigenvalue weighted by Gasteiger charge is 2.14. The molecule has 3 rings (SSSR count). The van der Waals surface area contributed by atoms with E-state index in [0.717, 1.165) is 29.7 Å². The van der Waals surface area contributed by atoms with Crippen molar-refractivity contribution in [1.29, 1.82) is 0 Å². The van der Waals surface area contributed by atoms with Crippen LogP contribution < -0.4 is 10.1 Å². The van der Waals surface area contributed by atoms with Crippen LogP contribution in [0.5, 0.6) is 5.75 Å². The Kier molecular flexibility index (Phi) is 10.3. The monoisotopic (exact) mass is 441 g/mol. The number of nitrogens with one attached hydrogen (secondary N) is 1. The van der Waals surface area contributed by atoms with Crippen molar-refractivity contribution in [2.24, 2.45) is 0 Å². The van der Waals surface area contributed by atoms with Gasteiger partial charge in [0, 0.05) is 11.6 Å². The van der Waals surface area contributed by atoms with E-state index in [1.165, 1.54) is 31.2 Å². The standard InChI is InChI=1S/C30H35NO2/c1-2-3-4-5-14-23-33-29-20-13-12-19-27(29)21-22-30(32)31-28(26-17-10-7-11-18-26)24-25-15-8-6-9-16-25/h6-13,15-22,28H,2-5,14,23-24H2,1H3,(H,31,32). The number of carbonyl (C=O) groups excluding carboxylic acids is 1. The largest absolute Gasteiger partial charge is 0.493 e. The Morgan fingerprint density at radius 1 is 0.848 bits per heavy atom. The second kappa shape index (κ2) is 13.9. The predicted octanol–water partition coefficient (Wildman–Crippen LogP) is 7.15. The van der Waals surface area contributed by atoms with E-state index >= 15 is 0 Å². The fraction of sp³-hybridized carbons (Fsp3) is 0.300. The van der Waals surface area contributed by atoms with Crippen molar-refractivity contribution in [1.82, 2.24) is 5.32 Å². The summed E-state index contributed by atoms with van der Waals surface area (Å²) in [5, 5.41) is 3.18. The van der Waals surface area contributed by atoms with E-state index in [9.17, 15) is 4.79 Å². The lowest BCUT2D eigenvalue weighted by atomic mass is 9.99. The van der Waals surface area contributed by atoms with E-state index in [0.29, 0.717) is 6.61 Å². The lowest BCUT2D eigenvalue weighted by molar-refractivity contribution is -0.117. The number of unbranched alkanes of at least 4 members (excludes halogenated alkanes) is 4. The van der Waals surface area contributed by atoms with Gasteiger partial charge in [-0.1, -0.05) is 111 Å². The van der Waals surface area contributed by atoms with Gasteiger partial charge in [0.25, 0.3) is 0 Å². The van der Waals surface area contributed by atoms with Gasteiger partial charge in [0.15, 0.2) is 0 Å². The first-order valence-electron chi connectivity index (χ1n) is 12.1. The van der Waals surface area contributed by atoms with Crippen molar-refractivity contribution in [3.8, 4) is 5.75 Å². The van der Waals surface area contributed by atoms with Crippen molar-refractivity contribution >= 4 is 12.0 Å².